The fourth-order valence-electron chi connectivity index (χ4n) is 0.750. The molecule has 1 N–H and O–H groups in total. The molecule has 12 heavy (non-hydrogen) atoms. The molecule has 0 bridgehead atoms. The summed E-state index contributed by atoms with van der Waals surface area (Å²) >= 11 is 0. The van der Waals surface area contributed by atoms with Crippen molar-refractivity contribution < 1.29 is 14.6 Å². The fourth-order valence-corrected chi connectivity index (χ4v) is 0.750. The average Bonchev–Trinajstić information content (AvgIpc) is 2.04. The first-order chi connectivity index (χ1) is 5.27. The van der Waals surface area contributed by atoms with E-state index in [4.69, 9.17) is 9.84 Å². The number of rotatable bonds is 2. The summed E-state index contributed by atoms with van der Waals surface area (Å²) in [6, 6.07) is 4.51. The first-order valence-corrected chi connectivity index (χ1v) is 3.10. The van der Waals surface area contributed by atoms with Crippen LogP contribution >= 0.6 is 0 Å². The second-order valence-electron chi connectivity index (χ2n) is 2.04. The molecule has 1 aromatic rings. The Kier molecular flexibility index (Phi) is 4.88. The summed E-state index contributed by atoms with van der Waals surface area (Å²) in [6.07, 6.45) is 0.592. The molecule has 0 saturated carbocycles. The Morgan fingerprint density at radius 1 is 1.50 bits per heavy atom. The van der Waals surface area contributed by atoms with E-state index in [9.17, 15) is 4.79 Å². The number of aldehydes is 1. The van der Waals surface area contributed by atoms with Crippen molar-refractivity contribution in [3.05, 3.63) is 23.8 Å². The molecule has 64 valence electrons. The molecule has 0 unspecified atom stereocenters. The van der Waals surface area contributed by atoms with Gasteiger partial charge in [0.2, 0.25) is 0 Å². The van der Waals surface area contributed by atoms with Crippen LogP contribution in [0, 0.1) is 0 Å². The first kappa shape index (κ1) is 11.4. The van der Waals surface area contributed by atoms with E-state index >= 15 is 0 Å². The summed E-state index contributed by atoms with van der Waals surface area (Å²) in [5.74, 6) is 0.479. The topological polar surface area (TPSA) is 46.5 Å². The van der Waals surface area contributed by atoms with Crippen molar-refractivity contribution in [1.29, 1.82) is 0 Å². The van der Waals surface area contributed by atoms with Crippen molar-refractivity contribution in [2.45, 2.75) is 0 Å². The zero-order valence-electron chi connectivity index (χ0n) is 6.78. The molecule has 0 amide bonds. The van der Waals surface area contributed by atoms with Gasteiger partial charge in [-0.15, -0.1) is 0 Å². The molecule has 0 atom stereocenters. The molecular formula is C8H10O3Pb. The number of benzene rings is 1. The van der Waals surface area contributed by atoms with Crippen LogP contribution in [0.2, 0.25) is 0 Å². The molecule has 0 saturated heterocycles. The van der Waals surface area contributed by atoms with E-state index in [-0.39, 0.29) is 38.6 Å². The second-order valence-corrected chi connectivity index (χ2v) is 2.04. The molecule has 4 heteroatoms. The molecule has 0 aromatic heterocycles. The van der Waals surface area contributed by atoms with Crippen LogP contribution < -0.4 is 4.74 Å². The molecule has 0 aliphatic carbocycles. The normalized spacial score (nSPS) is 8.42. The van der Waals surface area contributed by atoms with Gasteiger partial charge in [-0.05, 0) is 12.1 Å². The first-order valence-electron chi connectivity index (χ1n) is 3.10. The van der Waals surface area contributed by atoms with E-state index in [1.807, 2.05) is 0 Å². The zero-order valence-corrected chi connectivity index (χ0v) is 12.3. The fraction of sp³-hybridized carbons (Fsp3) is 0.125. The number of methoxy groups -OCH3 is 1. The van der Waals surface area contributed by atoms with Gasteiger partial charge in [-0.3, -0.25) is 4.79 Å². The van der Waals surface area contributed by atoms with Crippen LogP contribution in [0.4, 0.5) is 0 Å². The molecule has 0 spiro atoms. The van der Waals surface area contributed by atoms with Gasteiger partial charge in [-0.1, -0.05) is 0 Å². The number of hydrogen-bond acceptors (Lipinski definition) is 3. The summed E-state index contributed by atoms with van der Waals surface area (Å²) in [6.45, 7) is 0. The third-order valence-corrected chi connectivity index (χ3v) is 1.36. The van der Waals surface area contributed by atoms with Crippen molar-refractivity contribution in [2.24, 2.45) is 0 Å². The van der Waals surface area contributed by atoms with Gasteiger partial charge in [-0.2, -0.15) is 0 Å². The van der Waals surface area contributed by atoms with Gasteiger partial charge in [-0.25, -0.2) is 0 Å². The molecule has 0 heterocycles. The van der Waals surface area contributed by atoms with Crippen LogP contribution in [0.1, 0.15) is 10.4 Å². The van der Waals surface area contributed by atoms with Gasteiger partial charge < -0.3 is 9.84 Å². The van der Waals surface area contributed by atoms with Crippen LogP contribution in [-0.2, 0) is 0 Å². The Hall–Kier alpha value is -0.588. The average molecular weight is 361 g/mol. The van der Waals surface area contributed by atoms with Crippen molar-refractivity contribution in [3.8, 4) is 11.5 Å². The summed E-state index contributed by atoms with van der Waals surface area (Å²) in [4.78, 5) is 10.2. The van der Waals surface area contributed by atoms with Gasteiger partial charge in [0.25, 0.3) is 0 Å². The predicted octanol–water partition coefficient (Wildman–Crippen LogP) is 0.297. The second kappa shape index (κ2) is 5.13. The molecule has 1 aromatic carbocycles. The summed E-state index contributed by atoms with van der Waals surface area (Å²) in [5, 5.41) is 9.11. The third kappa shape index (κ3) is 2.47. The number of hydrogen-bond donors (Lipinski definition) is 1. The quantitative estimate of drug-likeness (QED) is 0.609. The minimum absolute atomic E-state index is 0. The van der Waals surface area contributed by atoms with E-state index in [0.29, 0.717) is 12.0 Å². The maximum atomic E-state index is 10.2. The molecule has 1 rings (SSSR count). The van der Waals surface area contributed by atoms with Gasteiger partial charge in [0.15, 0.2) is 6.29 Å². The van der Waals surface area contributed by atoms with Gasteiger partial charge >= 0.3 is 27.3 Å². The van der Waals surface area contributed by atoms with Gasteiger partial charge in [0.05, 0.1) is 12.7 Å². The predicted molar refractivity (Wildman–Crippen MR) is 48.6 cm³/mol. The summed E-state index contributed by atoms with van der Waals surface area (Å²) in [7, 11) is 1.50. The van der Waals surface area contributed by atoms with E-state index in [1.165, 1.54) is 19.2 Å². The van der Waals surface area contributed by atoms with Crippen LogP contribution in [-0.4, -0.2) is 45.8 Å². The van der Waals surface area contributed by atoms with E-state index in [1.54, 1.807) is 6.07 Å². The molecular weight excluding hydrogens is 351 g/mol. The van der Waals surface area contributed by atoms with Gasteiger partial charge in [0, 0.05) is 6.07 Å². The maximum absolute atomic E-state index is 10.2. The number of carbonyl (C=O) groups excluding carboxylic acids is 1. The number of ether oxygens (including phenoxy) is 1. The molecule has 0 aliphatic rings. The number of phenols is 1. The molecule has 2 radical (unpaired) electrons. The summed E-state index contributed by atoms with van der Waals surface area (Å²) in [5.41, 5.74) is 0.269. The number of carbonyl (C=O) groups is 1. The standard InChI is InChI=1S/C8H8O3.Pb.2H/c1-11-7-3-2-6(5-9)8(10)4-7;;;/h2-5,10H,1H3;;;. The summed E-state index contributed by atoms with van der Waals surface area (Å²) < 4.78 is 4.82. The molecule has 0 aliphatic heterocycles. The monoisotopic (exact) mass is 362 g/mol. The van der Waals surface area contributed by atoms with Crippen molar-refractivity contribution in [1.82, 2.24) is 0 Å². The van der Waals surface area contributed by atoms with Crippen molar-refractivity contribution in [2.75, 3.05) is 7.11 Å². The van der Waals surface area contributed by atoms with Crippen LogP contribution in [0.3, 0.4) is 0 Å². The number of phenolic OH excluding ortho intramolecular Hbond substituents is 1. The SMILES string of the molecule is COc1ccc(C=O)c(O)c1.[PbH2]. The van der Waals surface area contributed by atoms with Gasteiger partial charge in [0.1, 0.15) is 11.5 Å². The van der Waals surface area contributed by atoms with Crippen LogP contribution in [0.5, 0.6) is 11.5 Å². The Balaban J connectivity index is 0.00000121. The molecule has 3 nitrogen and oxygen atoms in total. The number of aromatic hydroxyl groups is 1. The Labute approximate surface area is 90.5 Å². The van der Waals surface area contributed by atoms with Crippen molar-refractivity contribution >= 4 is 33.6 Å². The van der Waals surface area contributed by atoms with E-state index in [0.717, 1.165) is 0 Å². The molecule has 0 fully saturated rings. The van der Waals surface area contributed by atoms with E-state index in [2.05, 4.69) is 0 Å². The minimum atomic E-state index is -0.0562. The third-order valence-electron chi connectivity index (χ3n) is 1.36. The van der Waals surface area contributed by atoms with Crippen LogP contribution in [0.15, 0.2) is 18.2 Å². The Morgan fingerprint density at radius 3 is 2.58 bits per heavy atom. The van der Waals surface area contributed by atoms with Crippen LogP contribution in [0.25, 0.3) is 0 Å². The van der Waals surface area contributed by atoms with E-state index < -0.39 is 0 Å². The van der Waals surface area contributed by atoms with Crippen molar-refractivity contribution in [3.63, 3.8) is 0 Å². The zero-order chi connectivity index (χ0) is 8.27. The Bertz CT molecular complexity index is 273. The Morgan fingerprint density at radius 2 is 2.17 bits per heavy atom.